The van der Waals surface area contributed by atoms with E-state index >= 15 is 0 Å². The van der Waals surface area contributed by atoms with Crippen molar-refractivity contribution in [3.8, 4) is 5.75 Å². The summed E-state index contributed by atoms with van der Waals surface area (Å²) >= 11 is 0. The molecule has 3 aromatic rings. The molecule has 1 aliphatic rings. The number of aromatic nitrogens is 3. The van der Waals surface area contributed by atoms with E-state index in [2.05, 4.69) is 25.2 Å². The van der Waals surface area contributed by atoms with Gasteiger partial charge in [0.15, 0.2) is 0 Å². The van der Waals surface area contributed by atoms with Gasteiger partial charge in [-0.1, -0.05) is 18.6 Å². The van der Waals surface area contributed by atoms with Gasteiger partial charge in [-0.2, -0.15) is 0 Å². The number of nitrogens with one attached hydrogen (secondary N) is 1. The Morgan fingerprint density at radius 1 is 1.22 bits per heavy atom. The smallest absolute Gasteiger partial charge is 0.260 e. The molecule has 1 saturated heterocycles. The number of hydrogen-bond acceptors (Lipinski definition) is 6. The first-order valence-corrected chi connectivity index (χ1v) is 10.7. The molecule has 1 unspecified atom stereocenters. The van der Waals surface area contributed by atoms with E-state index < -0.39 is 0 Å². The van der Waals surface area contributed by atoms with Crippen LogP contribution in [0.5, 0.6) is 5.75 Å². The largest absolute Gasteiger partial charge is 0.496 e. The number of likely N-dealkylation sites (tertiary alicyclic amines) is 1. The summed E-state index contributed by atoms with van der Waals surface area (Å²) in [6.07, 6.45) is 4.28. The van der Waals surface area contributed by atoms with Crippen LogP contribution in [0, 0.1) is 12.7 Å². The average Bonchev–Trinajstić information content (AvgIpc) is 2.80. The lowest BCUT2D eigenvalue weighted by Gasteiger charge is -2.34. The van der Waals surface area contributed by atoms with Crippen molar-refractivity contribution in [1.29, 1.82) is 0 Å². The molecule has 0 bridgehead atoms. The van der Waals surface area contributed by atoms with Crippen molar-refractivity contribution >= 4 is 11.7 Å². The van der Waals surface area contributed by atoms with Crippen LogP contribution in [0.3, 0.4) is 0 Å². The Morgan fingerprint density at radius 3 is 2.84 bits per heavy atom. The van der Waals surface area contributed by atoms with Crippen LogP contribution in [0.2, 0.25) is 0 Å². The Labute approximate surface area is 186 Å². The first-order valence-electron chi connectivity index (χ1n) is 10.7. The summed E-state index contributed by atoms with van der Waals surface area (Å²) in [6, 6.07) is 11.9. The molecule has 3 heterocycles. The highest BCUT2D eigenvalue weighted by Crippen LogP contribution is 2.31. The van der Waals surface area contributed by atoms with Crippen LogP contribution in [-0.2, 0) is 6.54 Å². The van der Waals surface area contributed by atoms with E-state index in [0.29, 0.717) is 29.5 Å². The van der Waals surface area contributed by atoms with Gasteiger partial charge in [0, 0.05) is 18.3 Å². The molecule has 166 valence electrons. The zero-order valence-corrected chi connectivity index (χ0v) is 18.2. The van der Waals surface area contributed by atoms with Gasteiger partial charge in [-0.3, -0.25) is 14.7 Å². The Balaban J connectivity index is 1.56. The molecule has 0 radical (unpaired) electrons. The number of benzene rings is 1. The predicted octanol–water partition coefficient (Wildman–Crippen LogP) is 4.31. The molecule has 1 N–H and O–H groups in total. The Bertz CT molecular complexity index is 1090. The number of nitrogens with zero attached hydrogens (tertiary/aromatic N) is 4. The molecule has 32 heavy (non-hydrogen) atoms. The van der Waals surface area contributed by atoms with Gasteiger partial charge in [0.1, 0.15) is 23.2 Å². The molecule has 0 aliphatic carbocycles. The normalized spacial score (nSPS) is 16.5. The lowest BCUT2D eigenvalue weighted by atomic mass is 10.0. The highest BCUT2D eigenvalue weighted by Gasteiger charge is 2.27. The van der Waals surface area contributed by atoms with E-state index in [0.717, 1.165) is 37.2 Å². The molecular weight excluding hydrogens is 409 g/mol. The zero-order chi connectivity index (χ0) is 22.5. The van der Waals surface area contributed by atoms with Crippen LogP contribution in [0.25, 0.3) is 0 Å². The number of anilines is 1. The van der Waals surface area contributed by atoms with Gasteiger partial charge >= 0.3 is 0 Å². The van der Waals surface area contributed by atoms with Gasteiger partial charge in [-0.15, -0.1) is 0 Å². The summed E-state index contributed by atoms with van der Waals surface area (Å²) < 4.78 is 18.5. The zero-order valence-electron chi connectivity index (χ0n) is 18.2. The molecule has 0 saturated carbocycles. The predicted molar refractivity (Wildman–Crippen MR) is 119 cm³/mol. The molecule has 1 atom stereocenters. The molecule has 1 aromatic carbocycles. The number of carbonyl (C=O) groups excluding carboxylic acids is 1. The molecule has 1 amide bonds. The number of aryl methyl sites for hydroxylation is 1. The number of piperidine rings is 1. The number of pyridine rings is 1. The van der Waals surface area contributed by atoms with Crippen LogP contribution >= 0.6 is 0 Å². The van der Waals surface area contributed by atoms with E-state index in [1.165, 1.54) is 19.4 Å². The number of para-hydroxylation sites is 1. The quantitative estimate of drug-likeness (QED) is 0.622. The van der Waals surface area contributed by atoms with Crippen LogP contribution < -0.4 is 10.1 Å². The Morgan fingerprint density at radius 2 is 2.06 bits per heavy atom. The lowest BCUT2D eigenvalue weighted by molar-refractivity contribution is 0.102. The number of hydrogen-bond donors (Lipinski definition) is 1. The third kappa shape index (κ3) is 5.08. The van der Waals surface area contributed by atoms with Crippen molar-refractivity contribution in [2.24, 2.45) is 0 Å². The molecule has 7 nitrogen and oxygen atoms in total. The summed E-state index contributed by atoms with van der Waals surface area (Å²) in [6.45, 7) is 3.35. The van der Waals surface area contributed by atoms with Crippen LogP contribution in [0.15, 0.2) is 48.7 Å². The molecule has 4 rings (SSSR count). The summed E-state index contributed by atoms with van der Waals surface area (Å²) in [5.74, 6) is 0.987. The van der Waals surface area contributed by atoms with Gasteiger partial charge in [-0.05, 0) is 50.6 Å². The number of amides is 1. The summed E-state index contributed by atoms with van der Waals surface area (Å²) in [5, 5.41) is 2.88. The second kappa shape index (κ2) is 9.82. The fourth-order valence-electron chi connectivity index (χ4n) is 4.00. The summed E-state index contributed by atoms with van der Waals surface area (Å²) in [5.41, 5.74) is 2.01. The number of ether oxygens (including phenoxy) is 1. The minimum absolute atomic E-state index is 0.00239. The molecule has 1 aliphatic heterocycles. The minimum Gasteiger partial charge on any atom is -0.496 e. The number of halogens is 1. The topological polar surface area (TPSA) is 80.2 Å². The van der Waals surface area contributed by atoms with Crippen molar-refractivity contribution < 1.29 is 13.9 Å². The van der Waals surface area contributed by atoms with E-state index in [-0.39, 0.29) is 17.8 Å². The first kappa shape index (κ1) is 21.8. The van der Waals surface area contributed by atoms with Crippen molar-refractivity contribution in [1.82, 2.24) is 19.9 Å². The molecule has 2 aromatic heterocycles. The van der Waals surface area contributed by atoms with Crippen molar-refractivity contribution in [3.63, 3.8) is 0 Å². The number of methoxy groups -OCH3 is 1. The third-order valence-corrected chi connectivity index (χ3v) is 5.53. The molecule has 1 fully saturated rings. The summed E-state index contributed by atoms with van der Waals surface area (Å²) in [4.78, 5) is 28.6. The van der Waals surface area contributed by atoms with Crippen LogP contribution in [-0.4, -0.2) is 39.4 Å². The second-order valence-corrected chi connectivity index (χ2v) is 7.86. The standard InChI is InChI=1S/C24H26FN5O2/c1-16-13-22(29-24(31)19-7-3-4-9-21(19)32-2)28-23(27-16)20-8-5-6-12-30(20)15-18-11-10-17(25)14-26-18/h3-4,7,9-11,13-14,20H,5-6,8,12,15H2,1-2H3,(H,27,28,29,31). The monoisotopic (exact) mass is 435 g/mol. The van der Waals surface area contributed by atoms with E-state index in [1.807, 2.05) is 13.0 Å². The maximum Gasteiger partial charge on any atom is 0.260 e. The SMILES string of the molecule is COc1ccccc1C(=O)Nc1cc(C)nc(C2CCCCN2Cc2ccc(F)cn2)n1. The van der Waals surface area contributed by atoms with Crippen molar-refractivity contribution in [3.05, 3.63) is 77.3 Å². The third-order valence-electron chi connectivity index (χ3n) is 5.53. The van der Waals surface area contributed by atoms with Crippen LogP contribution in [0.4, 0.5) is 10.2 Å². The van der Waals surface area contributed by atoms with Gasteiger partial charge in [0.25, 0.3) is 5.91 Å². The van der Waals surface area contributed by atoms with Crippen molar-refractivity contribution in [2.75, 3.05) is 19.0 Å². The highest BCUT2D eigenvalue weighted by molar-refractivity contribution is 6.05. The lowest BCUT2D eigenvalue weighted by Crippen LogP contribution is -2.34. The van der Waals surface area contributed by atoms with Crippen LogP contribution in [0.1, 0.15) is 52.9 Å². The van der Waals surface area contributed by atoms with Gasteiger partial charge in [-0.25, -0.2) is 14.4 Å². The maximum absolute atomic E-state index is 13.2. The first-order chi connectivity index (χ1) is 15.5. The molecule has 0 spiro atoms. The van der Waals surface area contributed by atoms with E-state index in [4.69, 9.17) is 4.74 Å². The minimum atomic E-state index is -0.346. The van der Waals surface area contributed by atoms with Crippen molar-refractivity contribution in [2.45, 2.75) is 38.8 Å². The Kier molecular flexibility index (Phi) is 6.70. The van der Waals surface area contributed by atoms with E-state index in [1.54, 1.807) is 30.3 Å². The molecular formula is C24H26FN5O2. The van der Waals surface area contributed by atoms with Gasteiger partial charge in [0.2, 0.25) is 0 Å². The maximum atomic E-state index is 13.2. The fourth-order valence-corrected chi connectivity index (χ4v) is 4.00. The second-order valence-electron chi connectivity index (χ2n) is 7.86. The van der Waals surface area contributed by atoms with E-state index in [9.17, 15) is 9.18 Å². The van der Waals surface area contributed by atoms with Gasteiger partial charge in [0.05, 0.1) is 30.6 Å². The number of rotatable bonds is 6. The highest BCUT2D eigenvalue weighted by atomic mass is 19.1. The van der Waals surface area contributed by atoms with Gasteiger partial charge < -0.3 is 10.1 Å². The fraction of sp³-hybridized carbons (Fsp3) is 0.333. The Hall–Kier alpha value is -3.39. The summed E-state index contributed by atoms with van der Waals surface area (Å²) in [7, 11) is 1.53. The number of carbonyl (C=O) groups is 1. The average molecular weight is 436 g/mol. The molecule has 8 heteroatoms.